The molecule has 2 N–H and O–H groups in total. The minimum absolute atomic E-state index is 0.0923. The van der Waals surface area contributed by atoms with Gasteiger partial charge < -0.3 is 20.3 Å². The maximum absolute atomic E-state index is 12.6. The highest BCUT2D eigenvalue weighted by Gasteiger charge is 2.37. The van der Waals surface area contributed by atoms with E-state index in [0.717, 1.165) is 56.2 Å². The van der Waals surface area contributed by atoms with E-state index in [1.165, 1.54) is 38.3 Å². The number of piperazine rings is 1. The van der Waals surface area contributed by atoms with Crippen LogP contribution in [-0.4, -0.2) is 90.2 Å². The molecule has 1 amide bonds. The molecular weight excluding hydrogens is 618 g/mol. The number of methoxy groups -OCH3 is 1. The van der Waals surface area contributed by atoms with Gasteiger partial charge in [0, 0.05) is 69.4 Å². The number of aromatic nitrogens is 2. The summed E-state index contributed by atoms with van der Waals surface area (Å²) in [5.74, 6) is 1.47. The Morgan fingerprint density at radius 3 is 2.61 bits per heavy atom. The minimum Gasteiger partial charge on any atom is -0.494 e. The van der Waals surface area contributed by atoms with Gasteiger partial charge in [0.25, 0.3) is 0 Å². The molecule has 1 aliphatic carbocycles. The molecule has 4 heterocycles. The summed E-state index contributed by atoms with van der Waals surface area (Å²) in [4.78, 5) is 35.4. The summed E-state index contributed by atoms with van der Waals surface area (Å²) in [6.45, 7) is 11.8. The Hall–Kier alpha value is -4.70. The van der Waals surface area contributed by atoms with E-state index in [1.807, 2.05) is 36.4 Å². The average molecular weight is 664 g/mol. The van der Waals surface area contributed by atoms with Crippen LogP contribution in [0.15, 0.2) is 61.4 Å². The molecule has 1 saturated carbocycles. The van der Waals surface area contributed by atoms with Crippen molar-refractivity contribution in [3.8, 4) is 11.8 Å². The molecule has 256 valence electrons. The highest BCUT2D eigenvalue weighted by Crippen LogP contribution is 2.41. The molecule has 2 unspecified atom stereocenters. The number of hydrogen-bond acceptors (Lipinski definition) is 11. The van der Waals surface area contributed by atoms with Gasteiger partial charge in [-0.3, -0.25) is 19.4 Å². The highest BCUT2D eigenvalue weighted by molar-refractivity contribution is 6.02. The van der Waals surface area contributed by atoms with Gasteiger partial charge in [0.2, 0.25) is 5.91 Å². The lowest BCUT2D eigenvalue weighted by Crippen LogP contribution is -2.57. The number of carbonyl (C=O) groups excluding carboxylic acids is 1. The predicted octanol–water partition coefficient (Wildman–Crippen LogP) is 5.25. The van der Waals surface area contributed by atoms with Crippen molar-refractivity contribution in [1.29, 1.82) is 5.26 Å². The number of anilines is 5. The first-order valence-corrected chi connectivity index (χ1v) is 17.4. The lowest BCUT2D eigenvalue weighted by Gasteiger charge is -2.47. The van der Waals surface area contributed by atoms with E-state index in [1.54, 1.807) is 18.2 Å². The Balaban J connectivity index is 1.09. The molecule has 3 aromatic rings. The standard InChI is InChI=1S/C37H45N9O3/c1-4-37(47)42-30-19-31(41-35-21-36(40-24-39-35)46-32(12-17-49-46)27-7-5-6-26(18-27)22-38)34(48-3)20-33(30)43-13-10-29(11-14-43)45-16-15-44(23-25(45)2)28-8-9-28/h4-7,18-21,24-25,28-29,32H,1,8-17,23H2,2-3H3,(H,42,47)(H,39,40,41). The van der Waals surface area contributed by atoms with Crippen LogP contribution >= 0.6 is 0 Å². The molecule has 49 heavy (non-hydrogen) atoms. The number of rotatable bonds is 10. The monoisotopic (exact) mass is 663 g/mol. The number of piperidine rings is 1. The van der Waals surface area contributed by atoms with E-state index in [-0.39, 0.29) is 11.9 Å². The summed E-state index contributed by atoms with van der Waals surface area (Å²) in [5, 5.41) is 17.6. The van der Waals surface area contributed by atoms with Gasteiger partial charge in [-0.2, -0.15) is 5.26 Å². The van der Waals surface area contributed by atoms with Crippen molar-refractivity contribution < 1.29 is 14.4 Å². The van der Waals surface area contributed by atoms with Gasteiger partial charge in [-0.1, -0.05) is 18.7 Å². The third-order valence-corrected chi connectivity index (χ3v) is 10.3. The molecular formula is C37H45N9O3. The van der Waals surface area contributed by atoms with Gasteiger partial charge in [0.1, 0.15) is 17.9 Å². The topological polar surface area (TPSA) is 122 Å². The number of nitrogens with zero attached hydrogens (tertiary/aromatic N) is 7. The minimum atomic E-state index is -0.281. The fraction of sp³-hybridized carbons (Fsp3) is 0.459. The number of hydrogen-bond donors (Lipinski definition) is 2. The number of hydroxylamine groups is 1. The van der Waals surface area contributed by atoms with Crippen molar-refractivity contribution in [3.05, 3.63) is 72.6 Å². The molecule has 12 nitrogen and oxygen atoms in total. The quantitative estimate of drug-likeness (QED) is 0.277. The summed E-state index contributed by atoms with van der Waals surface area (Å²) in [5.41, 5.74) is 3.82. The van der Waals surface area contributed by atoms with Crippen LogP contribution < -0.4 is 25.3 Å². The summed E-state index contributed by atoms with van der Waals surface area (Å²) in [6, 6.07) is 17.3. The molecule has 0 bridgehead atoms. The van der Waals surface area contributed by atoms with Gasteiger partial charge in [0.15, 0.2) is 5.82 Å². The van der Waals surface area contributed by atoms with E-state index < -0.39 is 0 Å². The van der Waals surface area contributed by atoms with E-state index in [2.05, 4.69) is 54.9 Å². The van der Waals surface area contributed by atoms with Crippen LogP contribution in [0.5, 0.6) is 5.75 Å². The van der Waals surface area contributed by atoms with Crippen LogP contribution in [0.4, 0.5) is 28.7 Å². The molecule has 4 aliphatic rings. The SMILES string of the molecule is C=CC(=O)Nc1cc(Nc2cc(N3OCCC3c3cccc(C#N)c3)ncn2)c(OC)cc1N1CCC(N2CCN(C3CC3)CC2C)CC1. The summed E-state index contributed by atoms with van der Waals surface area (Å²) < 4.78 is 5.89. The molecule has 0 spiro atoms. The second kappa shape index (κ2) is 14.4. The lowest BCUT2D eigenvalue weighted by molar-refractivity contribution is -0.111. The van der Waals surface area contributed by atoms with Crippen molar-refractivity contribution in [2.45, 2.75) is 63.2 Å². The second-order valence-electron chi connectivity index (χ2n) is 13.4. The van der Waals surface area contributed by atoms with Gasteiger partial charge in [-0.25, -0.2) is 15.0 Å². The molecule has 2 atom stereocenters. The Morgan fingerprint density at radius 1 is 1.04 bits per heavy atom. The highest BCUT2D eigenvalue weighted by atomic mass is 16.7. The van der Waals surface area contributed by atoms with Crippen LogP contribution in [0.2, 0.25) is 0 Å². The zero-order valence-corrected chi connectivity index (χ0v) is 28.3. The molecule has 3 saturated heterocycles. The van der Waals surface area contributed by atoms with Crippen LogP contribution in [0.25, 0.3) is 0 Å². The Kier molecular flexibility index (Phi) is 9.66. The second-order valence-corrected chi connectivity index (χ2v) is 13.4. The Labute approximate surface area is 288 Å². The van der Waals surface area contributed by atoms with Crippen LogP contribution in [0.3, 0.4) is 0 Å². The van der Waals surface area contributed by atoms with Crippen LogP contribution in [0, 0.1) is 11.3 Å². The van der Waals surface area contributed by atoms with Gasteiger partial charge >= 0.3 is 0 Å². The summed E-state index contributed by atoms with van der Waals surface area (Å²) in [6.07, 6.45) is 8.39. The van der Waals surface area contributed by atoms with Gasteiger partial charge in [-0.05, 0) is 62.4 Å². The third kappa shape index (κ3) is 7.20. The number of nitriles is 1. The van der Waals surface area contributed by atoms with Crippen molar-refractivity contribution in [1.82, 2.24) is 19.8 Å². The van der Waals surface area contributed by atoms with E-state index in [9.17, 15) is 10.1 Å². The smallest absolute Gasteiger partial charge is 0.247 e. The molecule has 7 rings (SSSR count). The van der Waals surface area contributed by atoms with Crippen molar-refractivity contribution in [2.75, 3.05) is 67.0 Å². The molecule has 2 aromatic carbocycles. The van der Waals surface area contributed by atoms with Gasteiger partial charge in [0.05, 0.1) is 48.5 Å². The first-order valence-electron chi connectivity index (χ1n) is 17.4. The average Bonchev–Trinajstić information content (AvgIpc) is 3.87. The zero-order chi connectivity index (χ0) is 33.9. The Bertz CT molecular complexity index is 1720. The summed E-state index contributed by atoms with van der Waals surface area (Å²) in [7, 11) is 1.64. The van der Waals surface area contributed by atoms with Crippen molar-refractivity contribution in [3.63, 3.8) is 0 Å². The van der Waals surface area contributed by atoms with Gasteiger partial charge in [-0.15, -0.1) is 0 Å². The zero-order valence-electron chi connectivity index (χ0n) is 28.3. The number of benzene rings is 2. The first-order chi connectivity index (χ1) is 23.9. The largest absolute Gasteiger partial charge is 0.494 e. The molecule has 1 aromatic heterocycles. The maximum atomic E-state index is 12.6. The number of ether oxygens (including phenoxy) is 1. The predicted molar refractivity (Wildman–Crippen MR) is 190 cm³/mol. The van der Waals surface area contributed by atoms with E-state index in [4.69, 9.17) is 9.57 Å². The summed E-state index contributed by atoms with van der Waals surface area (Å²) >= 11 is 0. The molecule has 4 fully saturated rings. The molecule has 12 heteroatoms. The van der Waals surface area contributed by atoms with Crippen molar-refractivity contribution >= 4 is 34.6 Å². The van der Waals surface area contributed by atoms with E-state index >= 15 is 0 Å². The Morgan fingerprint density at radius 2 is 1.88 bits per heavy atom. The third-order valence-electron chi connectivity index (χ3n) is 10.3. The molecule has 3 aliphatic heterocycles. The lowest BCUT2D eigenvalue weighted by atomic mass is 9.99. The maximum Gasteiger partial charge on any atom is 0.247 e. The fourth-order valence-electron chi connectivity index (χ4n) is 7.62. The van der Waals surface area contributed by atoms with Crippen molar-refractivity contribution in [2.24, 2.45) is 0 Å². The van der Waals surface area contributed by atoms with E-state index in [0.29, 0.717) is 53.0 Å². The first kappa shape index (κ1) is 32.8. The van der Waals surface area contributed by atoms with Crippen LogP contribution in [-0.2, 0) is 9.63 Å². The van der Waals surface area contributed by atoms with Crippen LogP contribution in [0.1, 0.15) is 56.2 Å². The number of amides is 1. The fourth-order valence-corrected chi connectivity index (χ4v) is 7.62. The number of nitrogens with one attached hydrogen (secondary N) is 2. The normalized spacial score (nSPS) is 22.1. The molecule has 0 radical (unpaired) electrons. The number of carbonyl (C=O) groups is 1.